The zero-order valence-corrected chi connectivity index (χ0v) is 11.5. The van der Waals surface area contributed by atoms with E-state index in [1.54, 1.807) is 7.11 Å². The molecule has 0 aliphatic carbocycles. The zero-order chi connectivity index (χ0) is 13.1. The van der Waals surface area contributed by atoms with Gasteiger partial charge in [0, 0.05) is 26.7 Å². The zero-order valence-electron chi connectivity index (χ0n) is 10.7. The number of carbonyl (C=O) groups is 1. The number of rotatable bonds is 4. The number of thiophene rings is 1. The number of methoxy groups -OCH3 is 1. The molecule has 0 bridgehead atoms. The smallest absolute Gasteiger partial charge is 0.263 e. The number of nitrogens with two attached hydrogens (primary N) is 1. The topological polar surface area (TPSA) is 67.6 Å². The number of hydrogen-bond acceptors (Lipinski definition) is 5. The maximum Gasteiger partial charge on any atom is 0.263 e. The van der Waals surface area contributed by atoms with E-state index in [1.165, 1.54) is 11.3 Å². The van der Waals surface area contributed by atoms with E-state index in [9.17, 15) is 4.79 Å². The van der Waals surface area contributed by atoms with Gasteiger partial charge in [0.1, 0.15) is 4.88 Å². The highest BCUT2D eigenvalue weighted by Gasteiger charge is 2.25. The number of nitrogens with one attached hydrogen (secondary N) is 1. The molecule has 1 amide bonds. The van der Waals surface area contributed by atoms with Gasteiger partial charge in [-0.2, -0.15) is 0 Å². The number of nitrogens with zero attached hydrogens (tertiary/aromatic N) is 1. The van der Waals surface area contributed by atoms with E-state index in [2.05, 4.69) is 10.2 Å². The molecule has 1 aromatic rings. The second kappa shape index (κ2) is 5.58. The Morgan fingerprint density at radius 1 is 1.72 bits per heavy atom. The summed E-state index contributed by atoms with van der Waals surface area (Å²) in [6.07, 6.45) is 1.30. The molecule has 2 heterocycles. The summed E-state index contributed by atoms with van der Waals surface area (Å²) in [6, 6.07) is 1.88. The van der Waals surface area contributed by atoms with Gasteiger partial charge in [-0.1, -0.05) is 0 Å². The van der Waals surface area contributed by atoms with E-state index in [-0.39, 0.29) is 12.0 Å². The number of amides is 1. The molecule has 2 rings (SSSR count). The molecule has 1 aromatic heterocycles. The van der Waals surface area contributed by atoms with Gasteiger partial charge in [0.05, 0.1) is 16.8 Å². The summed E-state index contributed by atoms with van der Waals surface area (Å²) in [5.41, 5.74) is 6.46. The van der Waals surface area contributed by atoms with Gasteiger partial charge < -0.3 is 20.7 Å². The van der Waals surface area contributed by atoms with Crippen LogP contribution in [-0.2, 0) is 4.74 Å². The first kappa shape index (κ1) is 13.2. The molecule has 0 saturated carbocycles. The predicted octanol–water partition coefficient (Wildman–Crippen LogP) is 1.31. The van der Waals surface area contributed by atoms with Crippen molar-refractivity contribution in [2.24, 2.45) is 0 Å². The number of ether oxygens (including phenoxy) is 1. The van der Waals surface area contributed by atoms with Crippen LogP contribution in [0, 0.1) is 0 Å². The van der Waals surface area contributed by atoms with Crippen LogP contribution in [0.3, 0.4) is 0 Å². The van der Waals surface area contributed by atoms with E-state index in [4.69, 9.17) is 10.5 Å². The van der Waals surface area contributed by atoms with Gasteiger partial charge in [-0.3, -0.25) is 4.79 Å². The summed E-state index contributed by atoms with van der Waals surface area (Å²) >= 11 is 1.45. The van der Waals surface area contributed by atoms with E-state index < -0.39 is 0 Å². The average molecular weight is 269 g/mol. The van der Waals surface area contributed by atoms with Crippen LogP contribution in [0.15, 0.2) is 6.07 Å². The molecule has 1 saturated heterocycles. The number of anilines is 2. The Balaban J connectivity index is 2.11. The first-order chi connectivity index (χ1) is 8.65. The van der Waals surface area contributed by atoms with Crippen molar-refractivity contribution in [3.63, 3.8) is 0 Å². The predicted molar refractivity (Wildman–Crippen MR) is 74.4 cm³/mol. The van der Waals surface area contributed by atoms with Crippen LogP contribution in [0.4, 0.5) is 10.7 Å². The third kappa shape index (κ3) is 2.59. The maximum atomic E-state index is 11.8. The molecule has 18 heavy (non-hydrogen) atoms. The van der Waals surface area contributed by atoms with Crippen LogP contribution in [0.25, 0.3) is 0 Å². The largest absolute Gasteiger partial charge is 0.397 e. The molecule has 1 fully saturated rings. The monoisotopic (exact) mass is 269 g/mol. The molecule has 1 aliphatic rings. The van der Waals surface area contributed by atoms with Crippen molar-refractivity contribution in [3.05, 3.63) is 10.9 Å². The molecular formula is C12H19N3O2S. The number of hydrogen-bond donors (Lipinski definition) is 2. The van der Waals surface area contributed by atoms with Crippen LogP contribution in [0.2, 0.25) is 0 Å². The number of nitrogen functional groups attached to an aromatic ring is 1. The Morgan fingerprint density at radius 2 is 2.50 bits per heavy atom. The number of carbonyl (C=O) groups excluding carboxylic acids is 1. The summed E-state index contributed by atoms with van der Waals surface area (Å²) in [7, 11) is 1.73. The minimum absolute atomic E-state index is 0.0891. The van der Waals surface area contributed by atoms with Gasteiger partial charge in [-0.25, -0.2) is 0 Å². The quantitative estimate of drug-likeness (QED) is 0.864. The van der Waals surface area contributed by atoms with Gasteiger partial charge in [0.25, 0.3) is 5.91 Å². The summed E-state index contributed by atoms with van der Waals surface area (Å²) < 4.78 is 5.34. The molecular weight excluding hydrogens is 250 g/mol. The van der Waals surface area contributed by atoms with Gasteiger partial charge in [-0.05, 0) is 19.4 Å². The van der Waals surface area contributed by atoms with Crippen molar-refractivity contribution < 1.29 is 9.53 Å². The second-order valence-corrected chi connectivity index (χ2v) is 5.35. The minimum Gasteiger partial charge on any atom is -0.397 e. The third-order valence-electron chi connectivity index (χ3n) is 3.08. The maximum absolute atomic E-state index is 11.8. The van der Waals surface area contributed by atoms with Crippen LogP contribution in [0.1, 0.15) is 23.0 Å². The van der Waals surface area contributed by atoms with Crippen molar-refractivity contribution in [2.45, 2.75) is 19.4 Å². The third-order valence-corrected chi connectivity index (χ3v) is 4.29. The lowest BCUT2D eigenvalue weighted by Gasteiger charge is -2.15. The Hall–Kier alpha value is -1.27. The van der Waals surface area contributed by atoms with Crippen LogP contribution in [0.5, 0.6) is 0 Å². The van der Waals surface area contributed by atoms with Crippen molar-refractivity contribution in [2.75, 3.05) is 37.4 Å². The van der Waals surface area contributed by atoms with Crippen molar-refractivity contribution in [3.8, 4) is 0 Å². The molecule has 1 unspecified atom stereocenters. The standard InChI is InChI=1S/C12H19N3O2S/c1-3-14-12(16)11-9(13)6-10(18-11)15-5-4-8(7-15)17-2/h6,8H,3-5,7,13H2,1-2H3,(H,14,16). The molecule has 6 heteroatoms. The van der Waals surface area contributed by atoms with Crippen molar-refractivity contribution >= 4 is 27.9 Å². The molecule has 1 atom stereocenters. The first-order valence-electron chi connectivity index (χ1n) is 6.11. The van der Waals surface area contributed by atoms with E-state index in [0.29, 0.717) is 17.1 Å². The lowest BCUT2D eigenvalue weighted by Crippen LogP contribution is -2.22. The highest BCUT2D eigenvalue weighted by Crippen LogP contribution is 2.34. The average Bonchev–Trinajstić information content (AvgIpc) is 2.95. The minimum atomic E-state index is -0.0891. The summed E-state index contributed by atoms with van der Waals surface area (Å²) in [4.78, 5) is 14.6. The molecule has 1 aliphatic heterocycles. The van der Waals surface area contributed by atoms with E-state index in [0.717, 1.165) is 24.5 Å². The summed E-state index contributed by atoms with van der Waals surface area (Å²) in [6.45, 7) is 4.33. The molecule has 5 nitrogen and oxygen atoms in total. The fourth-order valence-electron chi connectivity index (χ4n) is 2.09. The second-order valence-electron chi connectivity index (χ2n) is 4.32. The van der Waals surface area contributed by atoms with E-state index in [1.807, 2.05) is 13.0 Å². The van der Waals surface area contributed by atoms with Gasteiger partial charge in [-0.15, -0.1) is 11.3 Å². The van der Waals surface area contributed by atoms with Gasteiger partial charge in [0.15, 0.2) is 0 Å². The summed E-state index contributed by atoms with van der Waals surface area (Å²) in [5, 5.41) is 3.82. The fraction of sp³-hybridized carbons (Fsp3) is 0.583. The summed E-state index contributed by atoms with van der Waals surface area (Å²) in [5.74, 6) is -0.0891. The van der Waals surface area contributed by atoms with Crippen LogP contribution in [-0.4, -0.2) is 38.8 Å². The van der Waals surface area contributed by atoms with Crippen LogP contribution < -0.4 is 16.0 Å². The lowest BCUT2D eigenvalue weighted by atomic mass is 10.3. The highest BCUT2D eigenvalue weighted by molar-refractivity contribution is 7.18. The molecule has 3 N–H and O–H groups in total. The van der Waals surface area contributed by atoms with Crippen molar-refractivity contribution in [1.82, 2.24) is 5.32 Å². The SMILES string of the molecule is CCNC(=O)c1sc(N2CCC(OC)C2)cc1N. The highest BCUT2D eigenvalue weighted by atomic mass is 32.1. The Labute approximate surface area is 111 Å². The van der Waals surface area contributed by atoms with Gasteiger partial charge in [0.2, 0.25) is 0 Å². The first-order valence-corrected chi connectivity index (χ1v) is 6.92. The molecule has 0 aromatic carbocycles. The lowest BCUT2D eigenvalue weighted by molar-refractivity contribution is 0.0960. The molecule has 100 valence electrons. The van der Waals surface area contributed by atoms with Gasteiger partial charge >= 0.3 is 0 Å². The normalized spacial score (nSPS) is 19.2. The van der Waals surface area contributed by atoms with Crippen LogP contribution >= 0.6 is 11.3 Å². The van der Waals surface area contributed by atoms with E-state index >= 15 is 0 Å². The Morgan fingerprint density at radius 3 is 3.11 bits per heavy atom. The fourth-order valence-corrected chi connectivity index (χ4v) is 3.12. The molecule has 0 radical (unpaired) electrons. The van der Waals surface area contributed by atoms with Crippen molar-refractivity contribution in [1.29, 1.82) is 0 Å². The molecule has 0 spiro atoms. The Kier molecular flexibility index (Phi) is 4.08. The Bertz CT molecular complexity index is 433.